The molecule has 0 saturated heterocycles. The molecule has 0 fully saturated rings. The zero-order valence-corrected chi connectivity index (χ0v) is 10.9. The van der Waals surface area contributed by atoms with E-state index in [4.69, 9.17) is 13.6 Å². The summed E-state index contributed by atoms with van der Waals surface area (Å²) in [5.74, 6) is 0. The van der Waals surface area contributed by atoms with Gasteiger partial charge in [-0.05, 0) is 20.8 Å². The minimum absolute atomic E-state index is 0.0515. The van der Waals surface area contributed by atoms with Crippen molar-refractivity contribution >= 4 is 18.2 Å². The second-order valence-corrected chi connectivity index (χ2v) is 5.15. The van der Waals surface area contributed by atoms with Crippen molar-refractivity contribution < 1.29 is 35.3 Å². The van der Waals surface area contributed by atoms with E-state index >= 15 is 0 Å². The molecule has 0 heterocycles. The molecular formula is C6H15O8PS. The van der Waals surface area contributed by atoms with Crippen LogP contribution in [0.3, 0.4) is 0 Å². The smallest absolute Gasteiger partial charge is 0.287 e. The zero-order valence-electron chi connectivity index (χ0n) is 9.15. The lowest BCUT2D eigenvalue weighted by Gasteiger charge is -2.19. The van der Waals surface area contributed by atoms with Crippen LogP contribution in [0.2, 0.25) is 0 Å². The lowest BCUT2D eigenvalue weighted by Crippen LogP contribution is -2.18. The van der Waals surface area contributed by atoms with E-state index in [9.17, 15) is 13.0 Å². The van der Waals surface area contributed by atoms with Gasteiger partial charge >= 0.3 is 18.2 Å². The number of phosphoric acid groups is 1. The van der Waals surface area contributed by atoms with Gasteiger partial charge in [-0.2, -0.15) is 8.42 Å². The summed E-state index contributed by atoms with van der Waals surface area (Å²) in [6.45, 7) is 4.34. The van der Waals surface area contributed by atoms with Crippen LogP contribution in [0.4, 0.5) is 0 Å². The molecule has 98 valence electrons. The van der Waals surface area contributed by atoms with Gasteiger partial charge in [-0.15, -0.1) is 0 Å². The Hall–Kier alpha value is -0.0200. The topological polar surface area (TPSA) is 108 Å². The molecule has 0 aliphatic rings. The first-order valence-electron chi connectivity index (χ1n) is 4.45. The monoisotopic (exact) mass is 278 g/mol. The molecule has 10 heteroatoms. The average Bonchev–Trinajstić information content (AvgIpc) is 1.99. The van der Waals surface area contributed by atoms with Crippen molar-refractivity contribution in [1.82, 2.24) is 0 Å². The minimum Gasteiger partial charge on any atom is -0.287 e. The molecule has 0 radical (unpaired) electrons. The lowest BCUT2D eigenvalue weighted by atomic mass is 10.8. The fourth-order valence-electron chi connectivity index (χ4n) is 0.785. The third-order valence-electron chi connectivity index (χ3n) is 1.11. The van der Waals surface area contributed by atoms with Gasteiger partial charge in [-0.25, -0.2) is 8.75 Å². The van der Waals surface area contributed by atoms with E-state index in [1.807, 2.05) is 0 Å². The molecule has 0 aliphatic heterocycles. The van der Waals surface area contributed by atoms with Gasteiger partial charge in [0.2, 0.25) is 0 Å². The van der Waals surface area contributed by atoms with Crippen LogP contribution in [0.1, 0.15) is 20.8 Å². The fraction of sp³-hybridized carbons (Fsp3) is 1.00. The third-order valence-corrected chi connectivity index (χ3v) is 3.33. The fourth-order valence-corrected chi connectivity index (χ4v) is 2.46. The van der Waals surface area contributed by atoms with Crippen LogP contribution in [0.15, 0.2) is 0 Å². The lowest BCUT2D eigenvalue weighted by molar-refractivity contribution is -0.0172. The molecule has 0 amide bonds. The summed E-state index contributed by atoms with van der Waals surface area (Å²) >= 11 is 0. The molecule has 1 N–H and O–H groups in total. The van der Waals surface area contributed by atoms with Gasteiger partial charge in [0.25, 0.3) is 0 Å². The molecule has 0 saturated carbocycles. The first-order valence-corrected chi connectivity index (χ1v) is 7.28. The molecule has 0 rings (SSSR count). The van der Waals surface area contributed by atoms with Crippen molar-refractivity contribution in [2.45, 2.75) is 27.1 Å². The van der Waals surface area contributed by atoms with Gasteiger partial charge in [-0.1, -0.05) is 0 Å². The maximum Gasteiger partial charge on any atom is 0.477 e. The second-order valence-electron chi connectivity index (χ2n) is 2.48. The Balaban J connectivity index is 4.46. The predicted octanol–water partition coefficient (Wildman–Crippen LogP) is 1.35. The second kappa shape index (κ2) is 6.65. The average molecular weight is 278 g/mol. The standard InChI is InChI=1S/C6H15O8PS/c1-4-11-15(7,12-5-2)13-6(3)14-16(8,9)10/h6H,4-5H2,1-3H3,(H,8,9,10). The van der Waals surface area contributed by atoms with Crippen molar-refractivity contribution in [3.8, 4) is 0 Å². The largest absolute Gasteiger partial charge is 0.477 e. The van der Waals surface area contributed by atoms with Gasteiger partial charge in [-0.3, -0.25) is 18.1 Å². The normalized spacial score (nSPS) is 15.0. The van der Waals surface area contributed by atoms with Gasteiger partial charge in [0, 0.05) is 0 Å². The third kappa shape index (κ3) is 7.29. The van der Waals surface area contributed by atoms with Crippen LogP contribution in [0, 0.1) is 0 Å². The Kier molecular flexibility index (Phi) is 6.64. The summed E-state index contributed by atoms with van der Waals surface area (Å²) in [4.78, 5) is 0. The molecule has 16 heavy (non-hydrogen) atoms. The minimum atomic E-state index is -4.68. The first kappa shape index (κ1) is 16.0. The maximum atomic E-state index is 11.7. The van der Waals surface area contributed by atoms with Gasteiger partial charge in [0.15, 0.2) is 6.29 Å². The number of hydrogen-bond donors (Lipinski definition) is 1. The zero-order chi connectivity index (χ0) is 12.8. The van der Waals surface area contributed by atoms with Gasteiger partial charge in [0.1, 0.15) is 0 Å². The molecule has 1 unspecified atom stereocenters. The Bertz CT molecular complexity index is 328. The highest BCUT2D eigenvalue weighted by atomic mass is 32.3. The summed E-state index contributed by atoms with van der Waals surface area (Å²) in [6, 6.07) is 0. The molecule has 0 aromatic rings. The highest BCUT2D eigenvalue weighted by molar-refractivity contribution is 7.80. The molecule has 0 aromatic carbocycles. The van der Waals surface area contributed by atoms with Crippen LogP contribution in [0.5, 0.6) is 0 Å². The molecule has 1 atom stereocenters. The van der Waals surface area contributed by atoms with E-state index in [1.165, 1.54) is 0 Å². The summed E-state index contributed by atoms with van der Waals surface area (Å²) in [5, 5.41) is 0. The quantitative estimate of drug-likeness (QED) is 0.402. The molecule has 0 aromatic heterocycles. The van der Waals surface area contributed by atoms with Gasteiger partial charge < -0.3 is 0 Å². The Morgan fingerprint density at radius 1 is 1.25 bits per heavy atom. The van der Waals surface area contributed by atoms with Crippen LogP contribution < -0.4 is 0 Å². The molecule has 0 bridgehead atoms. The summed E-state index contributed by atoms with van der Waals surface area (Å²) in [5.41, 5.74) is 0. The van der Waals surface area contributed by atoms with Gasteiger partial charge in [0.05, 0.1) is 13.2 Å². The van der Waals surface area contributed by atoms with Crippen molar-refractivity contribution in [1.29, 1.82) is 0 Å². The van der Waals surface area contributed by atoms with Crippen LogP contribution in [-0.4, -0.2) is 32.5 Å². The summed E-state index contributed by atoms with van der Waals surface area (Å²) < 4.78 is 58.7. The number of phosphoric ester groups is 1. The Morgan fingerprint density at radius 3 is 2.00 bits per heavy atom. The summed E-state index contributed by atoms with van der Waals surface area (Å²) in [7, 11) is -8.54. The maximum absolute atomic E-state index is 11.7. The van der Waals surface area contributed by atoms with E-state index < -0.39 is 24.5 Å². The van der Waals surface area contributed by atoms with Crippen LogP contribution in [0.25, 0.3) is 0 Å². The van der Waals surface area contributed by atoms with Crippen molar-refractivity contribution in [3.63, 3.8) is 0 Å². The Labute approximate surface area is 94.4 Å². The molecular weight excluding hydrogens is 263 g/mol. The summed E-state index contributed by atoms with van der Waals surface area (Å²) in [6.07, 6.45) is -1.49. The van der Waals surface area contributed by atoms with Crippen molar-refractivity contribution in [2.75, 3.05) is 13.2 Å². The van der Waals surface area contributed by atoms with Crippen LogP contribution >= 0.6 is 7.82 Å². The SMILES string of the molecule is CCOP(=O)(OCC)OC(C)OS(=O)(=O)O. The van der Waals surface area contributed by atoms with Crippen LogP contribution in [-0.2, 0) is 32.7 Å². The van der Waals surface area contributed by atoms with Crippen molar-refractivity contribution in [3.05, 3.63) is 0 Å². The number of rotatable bonds is 8. The van der Waals surface area contributed by atoms with E-state index in [2.05, 4.69) is 8.71 Å². The highest BCUT2D eigenvalue weighted by Crippen LogP contribution is 2.50. The highest BCUT2D eigenvalue weighted by Gasteiger charge is 2.30. The van der Waals surface area contributed by atoms with E-state index in [1.54, 1.807) is 13.8 Å². The molecule has 8 nitrogen and oxygen atoms in total. The predicted molar refractivity (Wildman–Crippen MR) is 54.0 cm³/mol. The first-order chi connectivity index (χ1) is 7.22. The number of hydrogen-bond acceptors (Lipinski definition) is 7. The van der Waals surface area contributed by atoms with Crippen molar-refractivity contribution in [2.24, 2.45) is 0 Å². The van der Waals surface area contributed by atoms with E-state index in [0.29, 0.717) is 0 Å². The van der Waals surface area contributed by atoms with E-state index in [-0.39, 0.29) is 13.2 Å². The van der Waals surface area contributed by atoms with E-state index in [0.717, 1.165) is 6.92 Å². The molecule has 0 spiro atoms. The Morgan fingerprint density at radius 2 is 1.69 bits per heavy atom. The molecule has 0 aliphatic carbocycles.